The van der Waals surface area contributed by atoms with Crippen LogP contribution >= 0.6 is 0 Å². The summed E-state index contributed by atoms with van der Waals surface area (Å²) in [5, 5.41) is 10.3. The van der Waals surface area contributed by atoms with Crippen molar-refractivity contribution < 1.29 is 5.11 Å². The highest BCUT2D eigenvalue weighted by Crippen LogP contribution is 2.37. The Morgan fingerprint density at radius 1 is 1.41 bits per heavy atom. The average Bonchev–Trinajstić information content (AvgIpc) is 2.76. The molecule has 1 aromatic rings. The zero-order valence-electron chi connectivity index (χ0n) is 11.0. The van der Waals surface area contributed by atoms with Crippen molar-refractivity contribution in [1.29, 1.82) is 0 Å². The van der Waals surface area contributed by atoms with Gasteiger partial charge in [0.05, 0.1) is 0 Å². The molecule has 0 saturated heterocycles. The molecule has 0 aromatic carbocycles. The van der Waals surface area contributed by atoms with Gasteiger partial charge in [0.1, 0.15) is 11.9 Å². The summed E-state index contributed by atoms with van der Waals surface area (Å²) in [6.45, 7) is 2.26. The van der Waals surface area contributed by atoms with Gasteiger partial charge in [-0.05, 0) is 24.7 Å². The molecular formula is C14H24N2O. The first-order valence-corrected chi connectivity index (χ1v) is 6.87. The van der Waals surface area contributed by atoms with Crippen LogP contribution in [0.25, 0.3) is 0 Å². The quantitative estimate of drug-likeness (QED) is 0.872. The summed E-state index contributed by atoms with van der Waals surface area (Å²) in [6, 6.07) is 0. The fourth-order valence-electron chi connectivity index (χ4n) is 3.07. The van der Waals surface area contributed by atoms with E-state index in [4.69, 9.17) is 0 Å². The fourth-order valence-corrected chi connectivity index (χ4v) is 3.07. The van der Waals surface area contributed by atoms with Crippen molar-refractivity contribution in [2.45, 2.75) is 51.6 Å². The topological polar surface area (TPSA) is 38.1 Å². The molecule has 0 radical (unpaired) electrons. The predicted octanol–water partition coefficient (Wildman–Crippen LogP) is 3.06. The number of aliphatic hydroxyl groups is 1. The number of rotatable bonds is 4. The second-order valence-corrected chi connectivity index (χ2v) is 5.41. The molecule has 1 N–H and O–H groups in total. The van der Waals surface area contributed by atoms with Crippen LogP contribution in [0.5, 0.6) is 0 Å². The number of aliphatic hydroxyl groups excluding tert-OH is 1. The van der Waals surface area contributed by atoms with E-state index in [-0.39, 0.29) is 6.10 Å². The minimum Gasteiger partial charge on any atom is -0.385 e. The lowest BCUT2D eigenvalue weighted by atomic mass is 9.77. The van der Waals surface area contributed by atoms with Crippen LogP contribution in [-0.2, 0) is 7.05 Å². The van der Waals surface area contributed by atoms with Crippen LogP contribution in [0.15, 0.2) is 12.4 Å². The minimum atomic E-state index is -0.377. The normalized spacial score (nSPS) is 27.0. The first-order valence-electron chi connectivity index (χ1n) is 6.87. The summed E-state index contributed by atoms with van der Waals surface area (Å²) in [7, 11) is 1.95. The van der Waals surface area contributed by atoms with Gasteiger partial charge in [-0.1, -0.05) is 32.6 Å². The van der Waals surface area contributed by atoms with Crippen LogP contribution in [0.4, 0.5) is 0 Å². The standard InChI is InChI=1S/C14H24N2O/c1-3-4-11-5-7-12(8-6-11)13(17)14-15-9-10-16(14)2/h9-13,17H,3-8H2,1-2H3. The van der Waals surface area contributed by atoms with Gasteiger partial charge in [-0.3, -0.25) is 0 Å². The average molecular weight is 236 g/mol. The van der Waals surface area contributed by atoms with Gasteiger partial charge in [0, 0.05) is 19.4 Å². The lowest BCUT2D eigenvalue weighted by Gasteiger charge is -2.31. The van der Waals surface area contributed by atoms with Gasteiger partial charge >= 0.3 is 0 Å². The molecule has 0 amide bonds. The smallest absolute Gasteiger partial charge is 0.137 e. The molecule has 3 heteroatoms. The third-order valence-corrected chi connectivity index (χ3v) is 4.16. The Labute approximate surface area is 104 Å². The molecule has 3 nitrogen and oxygen atoms in total. The van der Waals surface area contributed by atoms with Crippen molar-refractivity contribution in [3.8, 4) is 0 Å². The SMILES string of the molecule is CCCC1CCC(C(O)c2nccn2C)CC1. The van der Waals surface area contributed by atoms with E-state index in [1.165, 1.54) is 25.7 Å². The van der Waals surface area contributed by atoms with Gasteiger partial charge in [-0.25, -0.2) is 4.98 Å². The molecule has 17 heavy (non-hydrogen) atoms. The number of aromatic nitrogens is 2. The van der Waals surface area contributed by atoms with E-state index >= 15 is 0 Å². The molecule has 1 aliphatic carbocycles. The van der Waals surface area contributed by atoms with Crippen LogP contribution in [0, 0.1) is 11.8 Å². The monoisotopic (exact) mass is 236 g/mol. The molecule has 0 aliphatic heterocycles. The van der Waals surface area contributed by atoms with Crippen molar-refractivity contribution in [2.75, 3.05) is 0 Å². The predicted molar refractivity (Wildman–Crippen MR) is 68.5 cm³/mol. The van der Waals surface area contributed by atoms with Gasteiger partial charge in [0.2, 0.25) is 0 Å². The van der Waals surface area contributed by atoms with Crippen molar-refractivity contribution in [3.63, 3.8) is 0 Å². The fraction of sp³-hybridized carbons (Fsp3) is 0.786. The maximum atomic E-state index is 10.3. The van der Waals surface area contributed by atoms with Crippen molar-refractivity contribution >= 4 is 0 Å². The van der Waals surface area contributed by atoms with E-state index in [0.717, 1.165) is 24.6 Å². The Bertz CT molecular complexity index is 340. The van der Waals surface area contributed by atoms with Crippen molar-refractivity contribution in [2.24, 2.45) is 18.9 Å². The number of hydrogen-bond acceptors (Lipinski definition) is 2. The molecule has 0 bridgehead atoms. The Kier molecular flexibility index (Phi) is 4.21. The molecule has 1 unspecified atom stereocenters. The Morgan fingerprint density at radius 2 is 2.12 bits per heavy atom. The minimum absolute atomic E-state index is 0.377. The molecule has 1 heterocycles. The molecule has 1 fully saturated rings. The van der Waals surface area contributed by atoms with Crippen LogP contribution in [0.2, 0.25) is 0 Å². The van der Waals surface area contributed by atoms with E-state index in [0.29, 0.717) is 5.92 Å². The second-order valence-electron chi connectivity index (χ2n) is 5.41. The van der Waals surface area contributed by atoms with Crippen LogP contribution in [-0.4, -0.2) is 14.7 Å². The van der Waals surface area contributed by atoms with Gasteiger partial charge in [0.25, 0.3) is 0 Å². The molecular weight excluding hydrogens is 212 g/mol. The Hall–Kier alpha value is -0.830. The Balaban J connectivity index is 1.90. The highest BCUT2D eigenvalue weighted by atomic mass is 16.3. The summed E-state index contributed by atoms with van der Waals surface area (Å²) in [6.07, 6.45) is 10.8. The van der Waals surface area contributed by atoms with Gasteiger partial charge in [0.15, 0.2) is 0 Å². The largest absolute Gasteiger partial charge is 0.385 e. The van der Waals surface area contributed by atoms with Crippen LogP contribution in [0.3, 0.4) is 0 Å². The molecule has 2 rings (SSSR count). The molecule has 1 aromatic heterocycles. The first kappa shape index (κ1) is 12.6. The van der Waals surface area contributed by atoms with Crippen LogP contribution < -0.4 is 0 Å². The van der Waals surface area contributed by atoms with E-state index < -0.39 is 0 Å². The molecule has 0 spiro atoms. The summed E-state index contributed by atoms with van der Waals surface area (Å²) in [5.41, 5.74) is 0. The highest BCUT2D eigenvalue weighted by Gasteiger charge is 2.28. The van der Waals surface area contributed by atoms with E-state index in [1.54, 1.807) is 6.20 Å². The lowest BCUT2D eigenvalue weighted by Crippen LogP contribution is -2.22. The van der Waals surface area contributed by atoms with Gasteiger partial charge in [-0.2, -0.15) is 0 Å². The summed E-state index contributed by atoms with van der Waals surface area (Å²) in [4.78, 5) is 4.26. The summed E-state index contributed by atoms with van der Waals surface area (Å²) >= 11 is 0. The van der Waals surface area contributed by atoms with Crippen molar-refractivity contribution in [1.82, 2.24) is 9.55 Å². The van der Waals surface area contributed by atoms with E-state index in [1.807, 2.05) is 17.8 Å². The van der Waals surface area contributed by atoms with E-state index in [2.05, 4.69) is 11.9 Å². The number of hydrogen-bond donors (Lipinski definition) is 1. The maximum Gasteiger partial charge on any atom is 0.137 e. The Morgan fingerprint density at radius 3 is 2.65 bits per heavy atom. The molecule has 1 saturated carbocycles. The molecule has 96 valence electrons. The third kappa shape index (κ3) is 2.89. The number of nitrogens with zero attached hydrogens (tertiary/aromatic N) is 2. The second kappa shape index (κ2) is 5.67. The van der Waals surface area contributed by atoms with Crippen LogP contribution in [0.1, 0.15) is 57.4 Å². The number of imidazole rings is 1. The van der Waals surface area contributed by atoms with Gasteiger partial charge in [-0.15, -0.1) is 0 Å². The zero-order chi connectivity index (χ0) is 12.3. The number of aryl methyl sites for hydroxylation is 1. The van der Waals surface area contributed by atoms with Crippen molar-refractivity contribution in [3.05, 3.63) is 18.2 Å². The van der Waals surface area contributed by atoms with E-state index in [9.17, 15) is 5.11 Å². The molecule has 1 atom stereocenters. The molecule has 1 aliphatic rings. The zero-order valence-corrected chi connectivity index (χ0v) is 11.0. The third-order valence-electron chi connectivity index (χ3n) is 4.16. The van der Waals surface area contributed by atoms with Gasteiger partial charge < -0.3 is 9.67 Å². The summed E-state index contributed by atoms with van der Waals surface area (Å²) < 4.78 is 1.93. The lowest BCUT2D eigenvalue weighted by molar-refractivity contribution is 0.0632. The first-order chi connectivity index (χ1) is 8.22. The highest BCUT2D eigenvalue weighted by molar-refractivity contribution is 4.98. The maximum absolute atomic E-state index is 10.3. The summed E-state index contributed by atoms with van der Waals surface area (Å²) in [5.74, 6) is 2.12.